The fraction of sp³-hybridized carbons (Fsp3) is 0.455. The summed E-state index contributed by atoms with van der Waals surface area (Å²) >= 11 is 0. The lowest BCUT2D eigenvalue weighted by molar-refractivity contribution is -0.00664. The van der Waals surface area contributed by atoms with Crippen LogP contribution in [0.15, 0.2) is 18.5 Å². The highest BCUT2D eigenvalue weighted by molar-refractivity contribution is 5.58. The van der Waals surface area contributed by atoms with Crippen molar-refractivity contribution in [2.75, 3.05) is 19.8 Å². The van der Waals surface area contributed by atoms with Gasteiger partial charge in [-0.1, -0.05) is 0 Å². The first kappa shape index (κ1) is 9.00. The van der Waals surface area contributed by atoms with Crippen LogP contribution in [0.2, 0.25) is 0 Å². The van der Waals surface area contributed by atoms with Crippen LogP contribution in [0.25, 0.3) is 6.08 Å². The summed E-state index contributed by atoms with van der Waals surface area (Å²) in [6, 6.07) is 0. The summed E-state index contributed by atoms with van der Waals surface area (Å²) in [4.78, 5) is 8.64. The smallest absolute Gasteiger partial charge is 0.133 e. The maximum Gasteiger partial charge on any atom is 0.133 e. The van der Waals surface area contributed by atoms with Crippen molar-refractivity contribution in [1.29, 1.82) is 0 Å². The molecule has 2 heterocycles. The summed E-state index contributed by atoms with van der Waals surface area (Å²) in [6.07, 6.45) is 8.26. The monoisotopic (exact) mass is 204 g/mol. The molecule has 1 saturated heterocycles. The molecule has 78 valence electrons. The van der Waals surface area contributed by atoms with Gasteiger partial charge in [0.25, 0.3) is 0 Å². The summed E-state index contributed by atoms with van der Waals surface area (Å²) in [5.74, 6) is 0. The van der Waals surface area contributed by atoms with E-state index in [4.69, 9.17) is 9.47 Å². The van der Waals surface area contributed by atoms with Gasteiger partial charge < -0.3 is 9.47 Å². The van der Waals surface area contributed by atoms with Crippen molar-refractivity contribution in [1.82, 2.24) is 9.97 Å². The largest absolute Gasteiger partial charge is 0.379 e. The molecule has 1 atom stereocenters. The standard InChI is InChI=1S/C11H12N2O2/c1-2-11(3-6-14-7-8-15-11)10-9(1)12-4-5-13-10/h1-2,4-5H,3,6-8H2. The van der Waals surface area contributed by atoms with Crippen molar-refractivity contribution in [2.45, 2.75) is 12.0 Å². The van der Waals surface area contributed by atoms with Gasteiger partial charge in [-0.3, -0.25) is 9.97 Å². The van der Waals surface area contributed by atoms with Crippen LogP contribution in [0, 0.1) is 0 Å². The van der Waals surface area contributed by atoms with E-state index in [-0.39, 0.29) is 5.60 Å². The van der Waals surface area contributed by atoms with Gasteiger partial charge in [-0.15, -0.1) is 0 Å². The van der Waals surface area contributed by atoms with E-state index in [0.717, 1.165) is 17.8 Å². The predicted octanol–water partition coefficient (Wildman–Crippen LogP) is 1.14. The van der Waals surface area contributed by atoms with E-state index in [1.807, 2.05) is 12.2 Å². The Bertz CT molecular complexity index is 395. The van der Waals surface area contributed by atoms with Crippen LogP contribution in [-0.2, 0) is 15.1 Å². The second-order valence-corrected chi connectivity index (χ2v) is 3.72. The Labute approximate surface area is 88.0 Å². The van der Waals surface area contributed by atoms with E-state index in [0.29, 0.717) is 19.8 Å². The van der Waals surface area contributed by atoms with Crippen molar-refractivity contribution in [2.24, 2.45) is 0 Å². The number of ether oxygens (including phenoxy) is 2. The molecule has 1 aromatic rings. The lowest BCUT2D eigenvalue weighted by Crippen LogP contribution is -2.27. The van der Waals surface area contributed by atoms with Crippen molar-refractivity contribution in [3.8, 4) is 0 Å². The Hall–Kier alpha value is -1.26. The highest BCUT2D eigenvalue weighted by Crippen LogP contribution is 2.38. The van der Waals surface area contributed by atoms with E-state index in [9.17, 15) is 0 Å². The minimum Gasteiger partial charge on any atom is -0.379 e. The van der Waals surface area contributed by atoms with Crippen LogP contribution >= 0.6 is 0 Å². The summed E-state index contributed by atoms with van der Waals surface area (Å²) in [5.41, 5.74) is 1.45. The number of fused-ring (bicyclic) bond motifs is 2. The molecular formula is C11H12N2O2. The summed E-state index contributed by atoms with van der Waals surface area (Å²) in [6.45, 7) is 1.98. The SMILES string of the molecule is C1=CC2(CCOCCO2)c2nccnc21. The summed E-state index contributed by atoms with van der Waals surface area (Å²) in [7, 11) is 0. The van der Waals surface area contributed by atoms with E-state index >= 15 is 0 Å². The normalized spacial score (nSPS) is 29.1. The van der Waals surface area contributed by atoms with Crippen molar-refractivity contribution >= 4 is 6.08 Å². The lowest BCUT2D eigenvalue weighted by atomic mass is 9.99. The maximum atomic E-state index is 5.86. The number of rotatable bonds is 0. The first-order valence-corrected chi connectivity index (χ1v) is 5.13. The van der Waals surface area contributed by atoms with Crippen molar-refractivity contribution in [3.05, 3.63) is 29.9 Å². The average Bonchev–Trinajstić information content (AvgIpc) is 2.48. The summed E-state index contributed by atoms with van der Waals surface area (Å²) < 4.78 is 11.3. The van der Waals surface area contributed by atoms with Crippen LogP contribution in [0.1, 0.15) is 17.8 Å². The van der Waals surface area contributed by atoms with Crippen molar-refractivity contribution < 1.29 is 9.47 Å². The quantitative estimate of drug-likeness (QED) is 0.635. The molecule has 1 aliphatic carbocycles. The van der Waals surface area contributed by atoms with Crippen LogP contribution in [0.3, 0.4) is 0 Å². The third-order valence-corrected chi connectivity index (χ3v) is 2.84. The minimum absolute atomic E-state index is 0.389. The van der Waals surface area contributed by atoms with Gasteiger partial charge >= 0.3 is 0 Å². The van der Waals surface area contributed by atoms with E-state index in [2.05, 4.69) is 9.97 Å². The van der Waals surface area contributed by atoms with Crippen LogP contribution in [0.4, 0.5) is 0 Å². The lowest BCUT2D eigenvalue weighted by Gasteiger charge is -2.25. The molecule has 4 heteroatoms. The van der Waals surface area contributed by atoms with Gasteiger partial charge in [0.2, 0.25) is 0 Å². The van der Waals surface area contributed by atoms with Gasteiger partial charge in [0.1, 0.15) is 11.3 Å². The van der Waals surface area contributed by atoms with Crippen molar-refractivity contribution in [3.63, 3.8) is 0 Å². The first-order valence-electron chi connectivity index (χ1n) is 5.13. The number of hydrogen-bond acceptors (Lipinski definition) is 4. The van der Waals surface area contributed by atoms with E-state index in [1.165, 1.54) is 0 Å². The molecule has 4 nitrogen and oxygen atoms in total. The minimum atomic E-state index is -0.389. The molecule has 0 saturated carbocycles. The second-order valence-electron chi connectivity index (χ2n) is 3.72. The van der Waals surface area contributed by atoms with E-state index in [1.54, 1.807) is 12.4 Å². The average molecular weight is 204 g/mol. The molecule has 0 N–H and O–H groups in total. The van der Waals surface area contributed by atoms with Gasteiger partial charge in [-0.25, -0.2) is 0 Å². The zero-order valence-electron chi connectivity index (χ0n) is 8.35. The Morgan fingerprint density at radius 1 is 1.13 bits per heavy atom. The third kappa shape index (κ3) is 1.37. The molecule has 1 aliphatic heterocycles. The Morgan fingerprint density at radius 3 is 3.07 bits per heavy atom. The molecule has 1 fully saturated rings. The summed E-state index contributed by atoms with van der Waals surface area (Å²) in [5, 5.41) is 0. The topological polar surface area (TPSA) is 44.2 Å². The zero-order chi connectivity index (χ0) is 10.1. The third-order valence-electron chi connectivity index (χ3n) is 2.84. The highest BCUT2D eigenvalue weighted by atomic mass is 16.5. The Kier molecular flexibility index (Phi) is 2.04. The van der Waals surface area contributed by atoms with Crippen LogP contribution < -0.4 is 0 Å². The molecule has 1 spiro atoms. The van der Waals surface area contributed by atoms with Crippen LogP contribution in [-0.4, -0.2) is 29.8 Å². The molecule has 0 radical (unpaired) electrons. The molecule has 3 rings (SSSR count). The van der Waals surface area contributed by atoms with Gasteiger partial charge in [0.15, 0.2) is 0 Å². The number of aromatic nitrogens is 2. The Morgan fingerprint density at radius 2 is 2.07 bits per heavy atom. The fourth-order valence-corrected chi connectivity index (χ4v) is 2.09. The molecule has 0 bridgehead atoms. The molecule has 0 aromatic carbocycles. The Balaban J connectivity index is 2.03. The van der Waals surface area contributed by atoms with Gasteiger partial charge in [0.05, 0.1) is 25.5 Å². The molecule has 1 aromatic heterocycles. The van der Waals surface area contributed by atoms with Gasteiger partial charge in [-0.2, -0.15) is 0 Å². The highest BCUT2D eigenvalue weighted by Gasteiger charge is 2.38. The maximum absolute atomic E-state index is 5.86. The first-order chi connectivity index (χ1) is 7.41. The molecular weight excluding hydrogens is 192 g/mol. The number of nitrogens with zero attached hydrogens (tertiary/aromatic N) is 2. The van der Waals surface area contributed by atoms with Gasteiger partial charge in [0, 0.05) is 18.8 Å². The molecule has 0 amide bonds. The molecule has 15 heavy (non-hydrogen) atoms. The molecule has 2 aliphatic rings. The molecule has 1 unspecified atom stereocenters. The van der Waals surface area contributed by atoms with E-state index < -0.39 is 0 Å². The number of hydrogen-bond donors (Lipinski definition) is 0. The second kappa shape index (κ2) is 3.40. The fourth-order valence-electron chi connectivity index (χ4n) is 2.09. The van der Waals surface area contributed by atoms with Crippen LogP contribution in [0.5, 0.6) is 0 Å². The predicted molar refractivity (Wildman–Crippen MR) is 54.1 cm³/mol. The van der Waals surface area contributed by atoms with Gasteiger partial charge in [-0.05, 0) is 12.2 Å². The zero-order valence-corrected chi connectivity index (χ0v) is 8.35.